The first-order valence-corrected chi connectivity index (χ1v) is 8.55. The lowest BCUT2D eigenvalue weighted by Gasteiger charge is -2.42. The van der Waals surface area contributed by atoms with Gasteiger partial charge in [-0.15, -0.1) is 10.2 Å². The largest absolute Gasteiger partial charge is 0.374 e. The molecule has 2 bridgehead atoms. The molecule has 0 unspecified atom stereocenters. The number of hydrogen-bond donors (Lipinski definition) is 1. The van der Waals surface area contributed by atoms with Crippen molar-refractivity contribution in [3.63, 3.8) is 0 Å². The molecule has 1 aromatic heterocycles. The van der Waals surface area contributed by atoms with E-state index in [0.717, 1.165) is 44.6 Å². The minimum atomic E-state index is -0.256. The fourth-order valence-electron chi connectivity index (χ4n) is 4.19. The topological polar surface area (TPSA) is 67.4 Å². The molecule has 0 atom stereocenters. The SMILES string of the molecule is CC12CC(C(=O)NC3CCN(c4ccc(Cl)nn4)CC3)(CO1)C2. The van der Waals surface area contributed by atoms with Gasteiger partial charge in [-0.25, -0.2) is 0 Å². The molecule has 4 aliphatic rings. The zero-order valence-electron chi connectivity index (χ0n) is 13.2. The van der Waals surface area contributed by atoms with Crippen LogP contribution in [-0.2, 0) is 9.53 Å². The predicted octanol–water partition coefficient (Wildman–Crippen LogP) is 1.78. The molecule has 0 radical (unpaired) electrons. The van der Waals surface area contributed by atoms with Crippen LogP contribution in [0.15, 0.2) is 12.1 Å². The molecule has 1 saturated carbocycles. The third-order valence-electron chi connectivity index (χ3n) is 5.38. The quantitative estimate of drug-likeness (QED) is 0.911. The summed E-state index contributed by atoms with van der Waals surface area (Å²) in [6.45, 7) is 4.40. The Balaban J connectivity index is 1.30. The Morgan fingerprint density at radius 2 is 2.09 bits per heavy atom. The summed E-state index contributed by atoms with van der Waals surface area (Å²) in [5, 5.41) is 11.6. The summed E-state index contributed by atoms with van der Waals surface area (Å²) in [6.07, 6.45) is 3.57. The summed E-state index contributed by atoms with van der Waals surface area (Å²) in [7, 11) is 0. The van der Waals surface area contributed by atoms with Crippen LogP contribution in [0.4, 0.5) is 5.82 Å². The van der Waals surface area contributed by atoms with Crippen molar-refractivity contribution in [3.05, 3.63) is 17.3 Å². The molecule has 1 N–H and O–H groups in total. The molecule has 23 heavy (non-hydrogen) atoms. The maximum atomic E-state index is 12.6. The van der Waals surface area contributed by atoms with E-state index in [4.69, 9.17) is 16.3 Å². The van der Waals surface area contributed by atoms with Gasteiger partial charge in [0.05, 0.1) is 17.6 Å². The Hall–Kier alpha value is -1.40. The summed E-state index contributed by atoms with van der Waals surface area (Å²) in [6, 6.07) is 3.88. The van der Waals surface area contributed by atoms with Gasteiger partial charge in [-0.2, -0.15) is 0 Å². The Morgan fingerprint density at radius 3 is 2.65 bits per heavy atom. The Bertz CT molecular complexity index is 607. The number of nitrogens with zero attached hydrogens (tertiary/aromatic N) is 3. The summed E-state index contributed by atoms with van der Waals surface area (Å²) in [4.78, 5) is 14.7. The van der Waals surface area contributed by atoms with Gasteiger partial charge in [-0.05, 0) is 44.7 Å². The van der Waals surface area contributed by atoms with E-state index < -0.39 is 0 Å². The van der Waals surface area contributed by atoms with Crippen LogP contribution < -0.4 is 10.2 Å². The highest BCUT2D eigenvalue weighted by atomic mass is 35.5. The van der Waals surface area contributed by atoms with Crippen molar-refractivity contribution < 1.29 is 9.53 Å². The molecule has 5 rings (SSSR count). The standard InChI is InChI=1S/C16H21ClN4O2/c1-15-8-16(9-15,10-23-15)14(22)18-11-4-6-21(7-5-11)13-3-2-12(17)19-20-13/h2-3,11H,4-10H2,1H3,(H,18,22). The highest BCUT2D eigenvalue weighted by molar-refractivity contribution is 6.29. The molecule has 1 aliphatic carbocycles. The van der Waals surface area contributed by atoms with Crippen LogP contribution in [0.25, 0.3) is 0 Å². The molecular formula is C16H21ClN4O2. The maximum absolute atomic E-state index is 12.6. The zero-order valence-corrected chi connectivity index (χ0v) is 14.0. The second-order valence-corrected chi connectivity index (χ2v) is 7.71. The highest BCUT2D eigenvalue weighted by Gasteiger charge is 2.63. The van der Waals surface area contributed by atoms with E-state index in [1.165, 1.54) is 0 Å². The van der Waals surface area contributed by atoms with Crippen LogP contribution >= 0.6 is 11.6 Å². The first-order chi connectivity index (χ1) is 11.0. The Morgan fingerprint density at radius 1 is 1.35 bits per heavy atom. The van der Waals surface area contributed by atoms with Gasteiger partial charge in [0.1, 0.15) is 0 Å². The van der Waals surface area contributed by atoms with E-state index in [1.54, 1.807) is 6.07 Å². The van der Waals surface area contributed by atoms with Gasteiger partial charge in [-0.3, -0.25) is 4.79 Å². The van der Waals surface area contributed by atoms with Crippen LogP contribution in [0, 0.1) is 5.41 Å². The predicted molar refractivity (Wildman–Crippen MR) is 86.4 cm³/mol. The number of anilines is 1. The number of nitrogens with one attached hydrogen (secondary N) is 1. The van der Waals surface area contributed by atoms with E-state index >= 15 is 0 Å². The van der Waals surface area contributed by atoms with Gasteiger partial charge >= 0.3 is 0 Å². The van der Waals surface area contributed by atoms with E-state index in [1.807, 2.05) is 6.07 Å². The maximum Gasteiger partial charge on any atom is 0.228 e. The fraction of sp³-hybridized carbons (Fsp3) is 0.688. The van der Waals surface area contributed by atoms with Gasteiger partial charge in [0.15, 0.2) is 11.0 Å². The molecule has 3 aliphatic heterocycles. The van der Waals surface area contributed by atoms with Crippen LogP contribution in [0.1, 0.15) is 32.6 Å². The highest BCUT2D eigenvalue weighted by Crippen LogP contribution is 2.57. The molecule has 1 aromatic rings. The van der Waals surface area contributed by atoms with Crippen molar-refractivity contribution in [2.75, 3.05) is 24.6 Å². The fourth-order valence-corrected chi connectivity index (χ4v) is 4.29. The van der Waals surface area contributed by atoms with Crippen LogP contribution in [0.2, 0.25) is 5.15 Å². The van der Waals surface area contributed by atoms with Crippen molar-refractivity contribution in [2.45, 2.75) is 44.2 Å². The molecule has 124 valence electrons. The number of hydrogen-bond acceptors (Lipinski definition) is 5. The molecule has 6 nitrogen and oxygen atoms in total. The number of fused-ring (bicyclic) bond motifs is 1. The molecular weight excluding hydrogens is 316 g/mol. The molecule has 7 heteroatoms. The van der Waals surface area contributed by atoms with Gasteiger partial charge in [0.25, 0.3) is 0 Å². The average molecular weight is 337 g/mol. The second-order valence-electron chi connectivity index (χ2n) is 7.32. The lowest BCUT2D eigenvalue weighted by Crippen LogP contribution is -2.55. The van der Waals surface area contributed by atoms with Crippen LogP contribution in [0.3, 0.4) is 0 Å². The Kier molecular flexibility index (Phi) is 3.50. The molecule has 4 fully saturated rings. The van der Waals surface area contributed by atoms with Crippen molar-refractivity contribution in [2.24, 2.45) is 5.41 Å². The van der Waals surface area contributed by atoms with E-state index in [9.17, 15) is 4.79 Å². The van der Waals surface area contributed by atoms with Gasteiger partial charge < -0.3 is 15.0 Å². The average Bonchev–Trinajstić information content (AvgIpc) is 3.04. The second kappa shape index (κ2) is 5.31. The first-order valence-electron chi connectivity index (χ1n) is 8.17. The molecule has 0 spiro atoms. The van der Waals surface area contributed by atoms with Gasteiger partial charge in [-0.1, -0.05) is 11.6 Å². The zero-order chi connectivity index (χ0) is 16.1. The number of carbonyl (C=O) groups is 1. The molecule has 0 aromatic carbocycles. The normalized spacial score (nSPS) is 33.4. The summed E-state index contributed by atoms with van der Waals surface area (Å²) >= 11 is 5.77. The summed E-state index contributed by atoms with van der Waals surface area (Å²) in [5.74, 6) is 1.02. The van der Waals surface area contributed by atoms with Crippen molar-refractivity contribution >= 4 is 23.3 Å². The van der Waals surface area contributed by atoms with Gasteiger partial charge in [0.2, 0.25) is 5.91 Å². The van der Waals surface area contributed by atoms with Crippen molar-refractivity contribution in [3.8, 4) is 0 Å². The lowest BCUT2D eigenvalue weighted by atomic mass is 9.62. The number of amides is 1. The van der Waals surface area contributed by atoms with Crippen LogP contribution in [0.5, 0.6) is 0 Å². The molecule has 1 amide bonds. The lowest BCUT2D eigenvalue weighted by molar-refractivity contribution is -0.136. The van der Waals surface area contributed by atoms with Crippen molar-refractivity contribution in [1.82, 2.24) is 15.5 Å². The summed E-state index contributed by atoms with van der Waals surface area (Å²) < 4.78 is 5.72. The monoisotopic (exact) mass is 336 g/mol. The van der Waals surface area contributed by atoms with E-state index in [2.05, 4.69) is 27.3 Å². The van der Waals surface area contributed by atoms with E-state index in [0.29, 0.717) is 11.8 Å². The van der Waals surface area contributed by atoms with Gasteiger partial charge in [0, 0.05) is 19.1 Å². The minimum Gasteiger partial charge on any atom is -0.374 e. The smallest absolute Gasteiger partial charge is 0.228 e. The number of carbonyl (C=O) groups excluding carboxylic acids is 1. The minimum absolute atomic E-state index is 0.0477. The first kappa shape index (κ1) is 15.1. The van der Waals surface area contributed by atoms with E-state index in [-0.39, 0.29) is 23.0 Å². The molecule has 3 saturated heterocycles. The number of ether oxygens (including phenoxy) is 1. The van der Waals surface area contributed by atoms with Crippen LogP contribution in [-0.4, -0.2) is 47.4 Å². The third-order valence-corrected chi connectivity index (χ3v) is 5.58. The Labute approximate surface area is 140 Å². The third kappa shape index (κ3) is 2.68. The van der Waals surface area contributed by atoms with Crippen molar-refractivity contribution in [1.29, 1.82) is 0 Å². The number of aromatic nitrogens is 2. The number of halogens is 1. The number of piperidine rings is 1. The summed E-state index contributed by atoms with van der Waals surface area (Å²) in [5.41, 5.74) is -0.304. The molecule has 4 heterocycles. The number of rotatable bonds is 3.